The lowest BCUT2D eigenvalue weighted by atomic mass is 9.91. The molecule has 1 aromatic carbocycles. The number of imidazole rings is 1. The molecule has 2 fully saturated rings. The van der Waals surface area contributed by atoms with E-state index in [0.717, 1.165) is 5.69 Å². The van der Waals surface area contributed by atoms with Gasteiger partial charge in [-0.15, -0.1) is 0 Å². The Kier molecular flexibility index (Phi) is 4.34. The zero-order valence-corrected chi connectivity index (χ0v) is 16.4. The molecule has 3 atom stereocenters. The first-order chi connectivity index (χ1) is 14.3. The number of benzene rings is 1. The van der Waals surface area contributed by atoms with Crippen LogP contribution in [0.25, 0.3) is 5.65 Å². The smallest absolute Gasteiger partial charge is 0.337 e. The molecule has 0 radical (unpaired) electrons. The SMILES string of the molecule is Cc1ccc2nc(C(=O)N3C[C@H]4C[C@H](c5ccccc5C(F)(F)F)C[C@H]4C3)cn2n1. The maximum atomic E-state index is 13.4. The van der Waals surface area contributed by atoms with Gasteiger partial charge in [-0.05, 0) is 61.3 Å². The Bertz CT molecular complexity index is 1110. The van der Waals surface area contributed by atoms with Crippen molar-refractivity contribution < 1.29 is 18.0 Å². The van der Waals surface area contributed by atoms with Gasteiger partial charge in [0.25, 0.3) is 5.91 Å². The summed E-state index contributed by atoms with van der Waals surface area (Å²) in [5, 5.41) is 4.33. The van der Waals surface area contributed by atoms with Crippen molar-refractivity contribution in [2.45, 2.75) is 31.9 Å². The fraction of sp³-hybridized carbons (Fsp3) is 0.409. The summed E-state index contributed by atoms with van der Waals surface area (Å²) in [4.78, 5) is 19.1. The molecule has 0 N–H and O–H groups in total. The van der Waals surface area contributed by atoms with Gasteiger partial charge < -0.3 is 4.90 Å². The van der Waals surface area contributed by atoms with E-state index >= 15 is 0 Å². The molecule has 2 aliphatic rings. The molecule has 156 valence electrons. The van der Waals surface area contributed by atoms with E-state index in [1.807, 2.05) is 19.1 Å². The third-order valence-electron chi connectivity index (χ3n) is 6.42. The molecule has 3 heterocycles. The molecule has 5 rings (SSSR count). The molecule has 3 aromatic rings. The highest BCUT2D eigenvalue weighted by Crippen LogP contribution is 2.49. The van der Waals surface area contributed by atoms with Crippen molar-refractivity contribution in [3.05, 3.63) is 65.1 Å². The first-order valence-corrected chi connectivity index (χ1v) is 10.1. The highest BCUT2D eigenvalue weighted by atomic mass is 19.4. The van der Waals surface area contributed by atoms with Crippen molar-refractivity contribution in [2.24, 2.45) is 11.8 Å². The van der Waals surface area contributed by atoms with Crippen LogP contribution in [0, 0.1) is 18.8 Å². The van der Waals surface area contributed by atoms with Crippen LogP contribution in [-0.2, 0) is 6.18 Å². The zero-order chi connectivity index (χ0) is 21.0. The molecule has 1 amide bonds. The summed E-state index contributed by atoms with van der Waals surface area (Å²) in [5.74, 6) is 0.188. The van der Waals surface area contributed by atoms with E-state index in [1.54, 1.807) is 27.7 Å². The molecule has 5 nitrogen and oxygen atoms in total. The lowest BCUT2D eigenvalue weighted by Gasteiger charge is -2.21. The number of rotatable bonds is 2. The molecule has 8 heteroatoms. The zero-order valence-electron chi connectivity index (χ0n) is 16.4. The number of carbonyl (C=O) groups is 1. The number of halogens is 3. The maximum Gasteiger partial charge on any atom is 0.416 e. The van der Waals surface area contributed by atoms with Gasteiger partial charge in [0, 0.05) is 13.1 Å². The molecule has 0 bridgehead atoms. The Morgan fingerprint density at radius 2 is 1.77 bits per heavy atom. The Morgan fingerprint density at radius 3 is 2.47 bits per heavy atom. The minimum absolute atomic E-state index is 0.113. The number of aryl methyl sites for hydroxylation is 1. The topological polar surface area (TPSA) is 50.5 Å². The number of fused-ring (bicyclic) bond motifs is 2. The van der Waals surface area contributed by atoms with Gasteiger partial charge in [-0.1, -0.05) is 18.2 Å². The number of alkyl halides is 3. The predicted octanol–water partition coefficient (Wildman–Crippen LogP) is 4.32. The van der Waals surface area contributed by atoms with Crippen LogP contribution in [0.2, 0.25) is 0 Å². The number of carbonyl (C=O) groups excluding carboxylic acids is 1. The third-order valence-corrected chi connectivity index (χ3v) is 6.42. The second-order valence-corrected chi connectivity index (χ2v) is 8.39. The van der Waals surface area contributed by atoms with Crippen LogP contribution in [0.4, 0.5) is 13.2 Å². The molecule has 0 unspecified atom stereocenters. The number of hydrogen-bond acceptors (Lipinski definition) is 3. The second-order valence-electron chi connectivity index (χ2n) is 8.39. The molecule has 1 aliphatic carbocycles. The normalized spacial score (nSPS) is 23.9. The van der Waals surface area contributed by atoms with Gasteiger partial charge in [0.1, 0.15) is 5.69 Å². The van der Waals surface area contributed by atoms with E-state index in [9.17, 15) is 18.0 Å². The van der Waals surface area contributed by atoms with Crippen LogP contribution in [0.1, 0.15) is 46.1 Å². The first-order valence-electron chi connectivity index (χ1n) is 10.1. The van der Waals surface area contributed by atoms with Gasteiger partial charge in [-0.25, -0.2) is 9.50 Å². The minimum atomic E-state index is -4.34. The van der Waals surface area contributed by atoms with Crippen LogP contribution in [0.15, 0.2) is 42.6 Å². The average molecular weight is 414 g/mol. The van der Waals surface area contributed by atoms with Gasteiger partial charge in [-0.2, -0.15) is 18.3 Å². The third kappa shape index (κ3) is 3.24. The van der Waals surface area contributed by atoms with E-state index in [-0.39, 0.29) is 23.7 Å². The summed E-state index contributed by atoms with van der Waals surface area (Å²) in [5.41, 5.74) is 1.66. The Morgan fingerprint density at radius 1 is 1.07 bits per heavy atom. The van der Waals surface area contributed by atoms with E-state index in [4.69, 9.17) is 0 Å². The summed E-state index contributed by atoms with van der Waals surface area (Å²) in [6.07, 6.45) is -1.35. The molecule has 1 aliphatic heterocycles. The van der Waals surface area contributed by atoms with Crippen LogP contribution in [0.5, 0.6) is 0 Å². The molecule has 0 spiro atoms. The summed E-state index contributed by atoms with van der Waals surface area (Å²) < 4.78 is 41.8. The largest absolute Gasteiger partial charge is 0.416 e. The summed E-state index contributed by atoms with van der Waals surface area (Å²) in [6, 6.07) is 9.54. The molecule has 2 aromatic heterocycles. The Balaban J connectivity index is 1.31. The fourth-order valence-electron chi connectivity index (χ4n) is 5.07. The predicted molar refractivity (Wildman–Crippen MR) is 104 cm³/mol. The van der Waals surface area contributed by atoms with E-state index < -0.39 is 11.7 Å². The highest BCUT2D eigenvalue weighted by Gasteiger charge is 2.45. The summed E-state index contributed by atoms with van der Waals surface area (Å²) in [6.45, 7) is 3.00. The number of nitrogens with zero attached hydrogens (tertiary/aromatic N) is 4. The molecular formula is C22H21F3N4O. The lowest BCUT2D eigenvalue weighted by Crippen LogP contribution is -2.30. The van der Waals surface area contributed by atoms with E-state index in [0.29, 0.717) is 42.8 Å². The lowest BCUT2D eigenvalue weighted by molar-refractivity contribution is -0.138. The van der Waals surface area contributed by atoms with Gasteiger partial charge in [-0.3, -0.25) is 4.79 Å². The van der Waals surface area contributed by atoms with Crippen molar-refractivity contribution in [1.29, 1.82) is 0 Å². The highest BCUT2D eigenvalue weighted by molar-refractivity contribution is 5.93. The number of likely N-dealkylation sites (tertiary alicyclic amines) is 1. The molecular weight excluding hydrogens is 393 g/mol. The summed E-state index contributed by atoms with van der Waals surface area (Å²) in [7, 11) is 0. The quantitative estimate of drug-likeness (QED) is 0.628. The van der Waals surface area contributed by atoms with Gasteiger partial charge in [0.2, 0.25) is 0 Å². The minimum Gasteiger partial charge on any atom is -0.337 e. The number of aromatic nitrogens is 3. The standard InChI is InChI=1S/C22H21F3N4O/c1-13-6-7-20-26-19(12-29(20)27-13)21(30)28-10-15-8-14(9-16(15)11-28)17-4-2-3-5-18(17)22(23,24)25/h2-7,12,14-16H,8-11H2,1H3/t14-,15+,16-. The van der Waals surface area contributed by atoms with Crippen LogP contribution >= 0.6 is 0 Å². The molecule has 30 heavy (non-hydrogen) atoms. The monoisotopic (exact) mass is 414 g/mol. The second kappa shape index (κ2) is 6.82. The first kappa shape index (κ1) is 19.1. The summed E-state index contributed by atoms with van der Waals surface area (Å²) >= 11 is 0. The number of amides is 1. The Hall–Kier alpha value is -2.90. The average Bonchev–Trinajstić information content (AvgIpc) is 3.39. The van der Waals surface area contributed by atoms with Crippen LogP contribution in [-0.4, -0.2) is 38.5 Å². The molecule has 1 saturated carbocycles. The van der Waals surface area contributed by atoms with Crippen LogP contribution < -0.4 is 0 Å². The van der Waals surface area contributed by atoms with Crippen molar-refractivity contribution >= 4 is 11.6 Å². The van der Waals surface area contributed by atoms with Gasteiger partial charge in [0.05, 0.1) is 17.5 Å². The van der Waals surface area contributed by atoms with E-state index in [1.165, 1.54) is 12.1 Å². The van der Waals surface area contributed by atoms with Gasteiger partial charge in [0.15, 0.2) is 5.65 Å². The van der Waals surface area contributed by atoms with Crippen molar-refractivity contribution in [3.63, 3.8) is 0 Å². The van der Waals surface area contributed by atoms with Crippen molar-refractivity contribution in [3.8, 4) is 0 Å². The maximum absolute atomic E-state index is 13.4. The van der Waals surface area contributed by atoms with E-state index in [2.05, 4.69) is 10.1 Å². The van der Waals surface area contributed by atoms with Gasteiger partial charge >= 0.3 is 6.18 Å². The van der Waals surface area contributed by atoms with Crippen molar-refractivity contribution in [2.75, 3.05) is 13.1 Å². The van der Waals surface area contributed by atoms with Crippen LogP contribution in [0.3, 0.4) is 0 Å². The molecule has 1 saturated heterocycles. The van der Waals surface area contributed by atoms with Crippen molar-refractivity contribution in [1.82, 2.24) is 19.5 Å². The number of hydrogen-bond donors (Lipinski definition) is 0. The fourth-order valence-corrected chi connectivity index (χ4v) is 5.07. The Labute approximate surface area is 171 Å².